The molecule has 6 rings (SSSR count). The van der Waals surface area contributed by atoms with Crippen LogP contribution in [0.2, 0.25) is 0 Å². The lowest BCUT2D eigenvalue weighted by atomic mass is 10.1. The van der Waals surface area contributed by atoms with Crippen LogP contribution in [0.1, 0.15) is 33.1 Å². The predicted octanol–water partition coefficient (Wildman–Crippen LogP) is 6.70. The highest BCUT2D eigenvalue weighted by atomic mass is 35.5. The van der Waals surface area contributed by atoms with Gasteiger partial charge in [0.1, 0.15) is 0 Å². The smallest absolute Gasteiger partial charge is 0.252 e. The minimum atomic E-state index is -0.470. The van der Waals surface area contributed by atoms with Crippen molar-refractivity contribution in [3.63, 3.8) is 0 Å². The molecule has 8 bridgehead atoms. The van der Waals surface area contributed by atoms with E-state index >= 15 is 0 Å². The van der Waals surface area contributed by atoms with Gasteiger partial charge in [0.2, 0.25) is 0 Å². The van der Waals surface area contributed by atoms with E-state index in [4.69, 9.17) is 21.6 Å². The van der Waals surface area contributed by atoms with Gasteiger partial charge in [0.05, 0.1) is 22.8 Å². The van der Waals surface area contributed by atoms with E-state index in [1.54, 1.807) is 12.1 Å². The Balaban J connectivity index is 1.62. The lowest BCUT2D eigenvalue weighted by molar-refractivity contribution is 0.108. The van der Waals surface area contributed by atoms with Gasteiger partial charge in [-0.2, -0.15) is 0 Å². The molecular weight excluding hydrogens is 432 g/mol. The van der Waals surface area contributed by atoms with Crippen LogP contribution >= 0.6 is 11.6 Å². The Morgan fingerprint density at radius 3 is 1.76 bits per heavy atom. The molecule has 0 spiro atoms. The molecular formula is C27H17ClN4O. The number of benzene rings is 1. The van der Waals surface area contributed by atoms with E-state index in [-0.39, 0.29) is 0 Å². The quantitative estimate of drug-likeness (QED) is 0.289. The van der Waals surface area contributed by atoms with Gasteiger partial charge in [-0.3, -0.25) is 4.79 Å². The first-order valence-corrected chi connectivity index (χ1v) is 10.9. The summed E-state index contributed by atoms with van der Waals surface area (Å²) in [6, 6.07) is 21.5. The molecule has 2 aliphatic rings. The van der Waals surface area contributed by atoms with Crippen LogP contribution in [0.5, 0.6) is 0 Å². The number of halogens is 1. The summed E-state index contributed by atoms with van der Waals surface area (Å²) in [6.45, 7) is 0. The van der Waals surface area contributed by atoms with Gasteiger partial charge in [-0.15, -0.1) is 0 Å². The van der Waals surface area contributed by atoms with Crippen LogP contribution in [-0.2, 0) is 0 Å². The molecule has 2 aliphatic heterocycles. The number of hydrogen-bond acceptors (Lipinski definition) is 3. The van der Waals surface area contributed by atoms with Gasteiger partial charge in [0.25, 0.3) is 5.24 Å². The molecule has 1 aromatic carbocycles. The molecule has 0 amide bonds. The second-order valence-corrected chi connectivity index (χ2v) is 8.28. The normalized spacial score (nSPS) is 12.3. The molecule has 5 nitrogen and oxygen atoms in total. The maximum absolute atomic E-state index is 11.5. The van der Waals surface area contributed by atoms with Gasteiger partial charge >= 0.3 is 0 Å². The monoisotopic (exact) mass is 448 g/mol. The molecule has 0 fully saturated rings. The van der Waals surface area contributed by atoms with Crippen molar-refractivity contribution in [3.05, 3.63) is 95.1 Å². The maximum Gasteiger partial charge on any atom is 0.252 e. The van der Waals surface area contributed by atoms with Crippen LogP contribution in [0.3, 0.4) is 0 Å². The third-order valence-corrected chi connectivity index (χ3v) is 5.81. The molecule has 0 saturated carbocycles. The second kappa shape index (κ2) is 7.73. The molecule has 6 heteroatoms. The summed E-state index contributed by atoms with van der Waals surface area (Å²) >= 11 is 5.62. The first-order chi connectivity index (χ1) is 16.1. The van der Waals surface area contributed by atoms with Crippen molar-refractivity contribution in [1.82, 2.24) is 19.9 Å². The van der Waals surface area contributed by atoms with E-state index in [1.807, 2.05) is 72.8 Å². The van der Waals surface area contributed by atoms with E-state index in [0.717, 1.165) is 56.0 Å². The minimum Gasteiger partial charge on any atom is -0.355 e. The molecule has 2 N–H and O–H groups in total. The second-order valence-electron chi connectivity index (χ2n) is 7.94. The Morgan fingerprint density at radius 1 is 0.636 bits per heavy atom. The van der Waals surface area contributed by atoms with Crippen molar-refractivity contribution < 1.29 is 4.79 Å². The molecule has 0 atom stereocenters. The van der Waals surface area contributed by atoms with Crippen LogP contribution in [0, 0.1) is 0 Å². The van der Waals surface area contributed by atoms with Crippen LogP contribution in [0.25, 0.3) is 57.5 Å². The van der Waals surface area contributed by atoms with Crippen molar-refractivity contribution in [1.29, 1.82) is 0 Å². The Bertz CT molecular complexity index is 1640. The lowest BCUT2D eigenvalue weighted by Gasteiger charge is -2.00. The van der Waals surface area contributed by atoms with E-state index in [2.05, 4.69) is 16.0 Å². The van der Waals surface area contributed by atoms with E-state index in [9.17, 15) is 4.79 Å². The molecule has 33 heavy (non-hydrogen) atoms. The van der Waals surface area contributed by atoms with Crippen LogP contribution in [-0.4, -0.2) is 25.2 Å². The van der Waals surface area contributed by atoms with E-state index < -0.39 is 5.24 Å². The number of carbonyl (C=O) groups excluding carboxylic acids is 1. The van der Waals surface area contributed by atoms with E-state index in [0.29, 0.717) is 5.56 Å². The van der Waals surface area contributed by atoms with Crippen molar-refractivity contribution in [3.8, 4) is 11.1 Å². The van der Waals surface area contributed by atoms with Gasteiger partial charge < -0.3 is 9.97 Å². The molecule has 0 radical (unpaired) electrons. The number of nitrogens with one attached hydrogen (secondary N) is 2. The van der Waals surface area contributed by atoms with Crippen LogP contribution < -0.4 is 0 Å². The zero-order valence-electron chi connectivity index (χ0n) is 17.3. The highest BCUT2D eigenvalue weighted by Gasteiger charge is 2.08. The summed E-state index contributed by atoms with van der Waals surface area (Å²) in [4.78, 5) is 27.8. The number of carbonyl (C=O) groups is 1. The molecule has 3 aromatic heterocycles. The van der Waals surface area contributed by atoms with Crippen molar-refractivity contribution in [2.75, 3.05) is 0 Å². The van der Waals surface area contributed by atoms with Crippen molar-refractivity contribution in [2.24, 2.45) is 0 Å². The largest absolute Gasteiger partial charge is 0.355 e. The number of nitrogens with zero attached hydrogens (tertiary/aromatic N) is 2. The average Bonchev–Trinajstić information content (AvgIpc) is 3.59. The Morgan fingerprint density at radius 2 is 1.18 bits per heavy atom. The Hall–Kier alpha value is -4.22. The summed E-state index contributed by atoms with van der Waals surface area (Å²) in [5, 5.41) is -0.470. The highest BCUT2D eigenvalue weighted by Crippen LogP contribution is 2.28. The number of aromatic amines is 2. The lowest BCUT2D eigenvalue weighted by Crippen LogP contribution is -1.87. The highest BCUT2D eigenvalue weighted by molar-refractivity contribution is 6.67. The fourth-order valence-electron chi connectivity index (χ4n) is 4.04. The number of aromatic nitrogens is 4. The molecule has 158 valence electrons. The van der Waals surface area contributed by atoms with Gasteiger partial charge in [0, 0.05) is 33.2 Å². The standard InChI is InChI=1S/C27H17ClN4O/c28-27(33)17-3-1-16(2-4-17)25-14-24-13-22-8-7-20(30-22)11-18-5-6-19(29-18)12-21-9-10-23(31-21)15-26(25)32-24/h1-15,29,32H. The third kappa shape index (κ3) is 3.90. The average molecular weight is 449 g/mol. The van der Waals surface area contributed by atoms with Crippen molar-refractivity contribution in [2.45, 2.75) is 0 Å². The summed E-state index contributed by atoms with van der Waals surface area (Å²) in [5.41, 5.74) is 9.72. The summed E-state index contributed by atoms with van der Waals surface area (Å²) in [6.07, 6.45) is 7.98. The van der Waals surface area contributed by atoms with Crippen molar-refractivity contribution >= 4 is 63.2 Å². The molecule has 4 aromatic rings. The summed E-state index contributed by atoms with van der Waals surface area (Å²) in [7, 11) is 0. The van der Waals surface area contributed by atoms with Gasteiger partial charge in [-0.25, -0.2) is 9.97 Å². The summed E-state index contributed by atoms with van der Waals surface area (Å²) < 4.78 is 0. The Kier molecular flexibility index (Phi) is 4.56. The minimum absolute atomic E-state index is 0.466. The van der Waals surface area contributed by atoms with Gasteiger partial charge in [0.15, 0.2) is 0 Å². The fraction of sp³-hybridized carbons (Fsp3) is 0. The first-order valence-electron chi connectivity index (χ1n) is 10.5. The number of hydrogen-bond donors (Lipinski definition) is 2. The van der Waals surface area contributed by atoms with Gasteiger partial charge in [-0.05, 0) is 96.1 Å². The third-order valence-electron chi connectivity index (χ3n) is 5.59. The van der Waals surface area contributed by atoms with Crippen LogP contribution in [0.15, 0.2) is 66.7 Å². The SMILES string of the molecule is O=C(Cl)c1ccc(-c2cc3cc4nc(cc5ccc(cc6nc(cc2[nH]3)C=C6)[nH]5)C=C4)cc1. The Labute approximate surface area is 194 Å². The molecule has 5 heterocycles. The first kappa shape index (κ1) is 19.5. The van der Waals surface area contributed by atoms with E-state index in [1.165, 1.54) is 0 Å². The topological polar surface area (TPSA) is 74.4 Å². The maximum atomic E-state index is 11.5. The molecule has 0 saturated heterocycles. The number of rotatable bonds is 2. The summed E-state index contributed by atoms with van der Waals surface area (Å²) in [5.74, 6) is 0. The molecule has 0 aliphatic carbocycles. The number of H-pyrrole nitrogens is 2. The van der Waals surface area contributed by atoms with Gasteiger partial charge in [-0.1, -0.05) is 12.1 Å². The predicted molar refractivity (Wildman–Crippen MR) is 134 cm³/mol. The molecule has 0 unspecified atom stereocenters. The zero-order chi connectivity index (χ0) is 22.4. The fourth-order valence-corrected chi connectivity index (χ4v) is 4.16. The van der Waals surface area contributed by atoms with Crippen LogP contribution in [0.4, 0.5) is 0 Å². The number of fused-ring (bicyclic) bond motifs is 8. The zero-order valence-corrected chi connectivity index (χ0v) is 18.1.